The minimum absolute atomic E-state index is 0.173. The molecule has 0 bridgehead atoms. The van der Waals surface area contributed by atoms with Gasteiger partial charge in [-0.1, -0.05) is 44.2 Å². The van der Waals surface area contributed by atoms with Crippen LogP contribution in [0, 0.1) is 0 Å². The lowest BCUT2D eigenvalue weighted by Gasteiger charge is -2.17. The summed E-state index contributed by atoms with van der Waals surface area (Å²) in [5.74, 6) is 0. The Kier molecular flexibility index (Phi) is 4.35. The van der Waals surface area contributed by atoms with E-state index in [1.807, 2.05) is 50.2 Å². The van der Waals surface area contributed by atoms with Gasteiger partial charge in [0.25, 0.3) is 0 Å². The highest BCUT2D eigenvalue weighted by atomic mass is 32.2. The Bertz CT molecular complexity index is 947. The van der Waals surface area contributed by atoms with Crippen molar-refractivity contribution >= 4 is 31.7 Å². The number of fused-ring (bicyclic) bond motifs is 2. The Hall–Kier alpha value is -1.95. The van der Waals surface area contributed by atoms with E-state index in [0.717, 1.165) is 21.5 Å². The molecule has 3 aromatic rings. The molecule has 3 rings (SSSR count). The van der Waals surface area contributed by atoms with Crippen molar-refractivity contribution in [2.24, 2.45) is 0 Å². The van der Waals surface area contributed by atoms with Crippen LogP contribution in [0.15, 0.2) is 59.5 Å². The second-order valence-corrected chi connectivity index (χ2v) is 6.88. The van der Waals surface area contributed by atoms with Crippen LogP contribution >= 0.6 is 0 Å². The molecule has 0 unspecified atom stereocenters. The molecule has 4 nitrogen and oxygen atoms in total. The number of hydroxylamine groups is 2. The largest absolute Gasteiger partial charge is 0.313 e. The molecule has 0 heterocycles. The van der Waals surface area contributed by atoms with Gasteiger partial charge in [-0.3, -0.25) is 0 Å². The molecular formula is C18H19NO3S. The van der Waals surface area contributed by atoms with Gasteiger partial charge in [0.05, 0.1) is 4.90 Å². The van der Waals surface area contributed by atoms with E-state index < -0.39 is 10.1 Å². The predicted octanol–water partition coefficient (Wildman–Crippen LogP) is 3.96. The summed E-state index contributed by atoms with van der Waals surface area (Å²) in [5, 5.41) is 5.52. The highest BCUT2D eigenvalue weighted by Gasteiger charge is 2.19. The lowest BCUT2D eigenvalue weighted by Crippen LogP contribution is -2.27. The van der Waals surface area contributed by atoms with Crippen LogP contribution in [0.4, 0.5) is 0 Å². The Labute approximate surface area is 136 Å². The van der Waals surface area contributed by atoms with Gasteiger partial charge in [-0.15, -0.1) is 0 Å². The van der Waals surface area contributed by atoms with Gasteiger partial charge in [-0.2, -0.15) is 17.8 Å². The molecule has 0 saturated carbocycles. The van der Waals surface area contributed by atoms with E-state index in [1.165, 1.54) is 5.06 Å². The second kappa shape index (κ2) is 6.28. The molecule has 0 aliphatic carbocycles. The summed E-state index contributed by atoms with van der Waals surface area (Å²) < 4.78 is 30.0. The number of hydrogen-bond acceptors (Lipinski definition) is 4. The fourth-order valence-electron chi connectivity index (χ4n) is 2.58. The number of hydrogen-bond donors (Lipinski definition) is 0. The minimum Gasteiger partial charge on any atom is -0.192 e. The number of nitrogens with zero attached hydrogens (tertiary/aromatic N) is 1. The van der Waals surface area contributed by atoms with Crippen molar-refractivity contribution in [3.8, 4) is 0 Å². The zero-order valence-corrected chi connectivity index (χ0v) is 14.0. The smallest absolute Gasteiger partial charge is 0.192 e. The quantitative estimate of drug-likeness (QED) is 0.525. The molecule has 0 spiro atoms. The number of benzene rings is 3. The monoisotopic (exact) mass is 329 g/mol. The Morgan fingerprint density at radius 1 is 0.826 bits per heavy atom. The van der Waals surface area contributed by atoms with Crippen molar-refractivity contribution in [2.75, 3.05) is 13.1 Å². The van der Waals surface area contributed by atoms with Crippen LogP contribution in [0.5, 0.6) is 0 Å². The van der Waals surface area contributed by atoms with Crippen molar-refractivity contribution in [3.05, 3.63) is 54.6 Å². The molecule has 0 N–H and O–H groups in total. The Morgan fingerprint density at radius 3 is 2.00 bits per heavy atom. The Balaban J connectivity index is 2.07. The molecule has 23 heavy (non-hydrogen) atoms. The lowest BCUT2D eigenvalue weighted by atomic mass is 10.0. The normalized spacial score (nSPS) is 12.3. The van der Waals surface area contributed by atoms with Gasteiger partial charge in [0.2, 0.25) is 0 Å². The third-order valence-electron chi connectivity index (χ3n) is 3.87. The van der Waals surface area contributed by atoms with E-state index in [-0.39, 0.29) is 4.90 Å². The van der Waals surface area contributed by atoms with Crippen molar-refractivity contribution < 1.29 is 12.7 Å². The molecule has 0 amide bonds. The van der Waals surface area contributed by atoms with E-state index in [2.05, 4.69) is 6.07 Å². The van der Waals surface area contributed by atoms with Crippen molar-refractivity contribution in [1.82, 2.24) is 5.06 Å². The molecule has 0 aliphatic rings. The molecule has 0 aromatic heterocycles. The molecule has 3 aromatic carbocycles. The number of rotatable bonds is 5. The molecule has 0 fully saturated rings. The molecule has 5 heteroatoms. The van der Waals surface area contributed by atoms with Crippen LogP contribution in [0.25, 0.3) is 21.5 Å². The first kappa shape index (κ1) is 15.9. The van der Waals surface area contributed by atoms with Gasteiger partial charge in [0.1, 0.15) is 0 Å². The summed E-state index contributed by atoms with van der Waals surface area (Å²) in [6, 6.07) is 17.2. The summed E-state index contributed by atoms with van der Waals surface area (Å²) in [4.78, 5) is 0.173. The molecular weight excluding hydrogens is 310 g/mol. The molecule has 0 saturated heterocycles. The van der Waals surface area contributed by atoms with Crippen LogP contribution in [0.1, 0.15) is 13.8 Å². The van der Waals surface area contributed by atoms with Crippen LogP contribution in [0.2, 0.25) is 0 Å². The highest BCUT2D eigenvalue weighted by molar-refractivity contribution is 7.86. The summed E-state index contributed by atoms with van der Waals surface area (Å²) in [5.41, 5.74) is 0. The highest BCUT2D eigenvalue weighted by Crippen LogP contribution is 2.26. The molecule has 0 atom stereocenters. The SMILES string of the molecule is CCN(CC)OS(=O)(=O)c1ccc2cc3ccccc3cc2c1. The van der Waals surface area contributed by atoms with Gasteiger partial charge >= 0.3 is 10.1 Å². The van der Waals surface area contributed by atoms with Gasteiger partial charge in [0.15, 0.2) is 0 Å². The van der Waals surface area contributed by atoms with Crippen molar-refractivity contribution in [1.29, 1.82) is 0 Å². The fraction of sp³-hybridized carbons (Fsp3) is 0.222. The maximum Gasteiger partial charge on any atom is 0.313 e. The van der Waals surface area contributed by atoms with E-state index in [9.17, 15) is 8.42 Å². The molecule has 0 aliphatic heterocycles. The zero-order valence-electron chi connectivity index (χ0n) is 13.2. The maximum atomic E-state index is 12.4. The van der Waals surface area contributed by atoms with Crippen LogP contribution in [0.3, 0.4) is 0 Å². The van der Waals surface area contributed by atoms with Gasteiger partial charge in [0, 0.05) is 13.1 Å². The zero-order chi connectivity index (χ0) is 16.4. The average molecular weight is 329 g/mol. The van der Waals surface area contributed by atoms with Gasteiger partial charge < -0.3 is 0 Å². The first-order chi connectivity index (χ1) is 11.0. The van der Waals surface area contributed by atoms with E-state index in [4.69, 9.17) is 4.28 Å². The third-order valence-corrected chi connectivity index (χ3v) is 5.11. The first-order valence-corrected chi connectivity index (χ1v) is 9.06. The van der Waals surface area contributed by atoms with E-state index in [0.29, 0.717) is 13.1 Å². The summed E-state index contributed by atoms with van der Waals surface area (Å²) in [7, 11) is -3.80. The first-order valence-electron chi connectivity index (χ1n) is 7.65. The Morgan fingerprint density at radius 2 is 1.39 bits per heavy atom. The summed E-state index contributed by atoms with van der Waals surface area (Å²) in [6.45, 7) is 4.72. The summed E-state index contributed by atoms with van der Waals surface area (Å²) in [6.07, 6.45) is 0. The van der Waals surface area contributed by atoms with Crippen molar-refractivity contribution in [3.63, 3.8) is 0 Å². The van der Waals surface area contributed by atoms with Crippen molar-refractivity contribution in [2.45, 2.75) is 18.7 Å². The van der Waals surface area contributed by atoms with Crippen LogP contribution < -0.4 is 0 Å². The van der Waals surface area contributed by atoms with E-state index >= 15 is 0 Å². The topological polar surface area (TPSA) is 46.6 Å². The molecule has 120 valence electrons. The van der Waals surface area contributed by atoms with Gasteiger partial charge in [-0.25, -0.2) is 0 Å². The van der Waals surface area contributed by atoms with Crippen LogP contribution in [-0.2, 0) is 14.4 Å². The molecule has 0 radical (unpaired) electrons. The summed E-state index contributed by atoms with van der Waals surface area (Å²) >= 11 is 0. The predicted molar refractivity (Wildman–Crippen MR) is 92.6 cm³/mol. The van der Waals surface area contributed by atoms with Crippen LogP contribution in [-0.4, -0.2) is 26.6 Å². The second-order valence-electron chi connectivity index (χ2n) is 5.35. The lowest BCUT2D eigenvalue weighted by molar-refractivity contribution is -0.0413. The average Bonchev–Trinajstić information content (AvgIpc) is 2.57. The fourth-order valence-corrected chi connectivity index (χ4v) is 3.66. The third kappa shape index (κ3) is 3.22. The maximum absolute atomic E-state index is 12.4. The van der Waals surface area contributed by atoms with E-state index in [1.54, 1.807) is 12.1 Å². The standard InChI is InChI=1S/C18H19NO3S/c1-3-19(4-2)22-23(20,21)18-10-9-16-11-14-7-5-6-8-15(14)12-17(16)13-18/h5-13H,3-4H2,1-2H3. The van der Waals surface area contributed by atoms with Gasteiger partial charge in [-0.05, 0) is 45.8 Å². The minimum atomic E-state index is -3.80.